The van der Waals surface area contributed by atoms with Crippen molar-refractivity contribution in [2.75, 3.05) is 7.11 Å². The van der Waals surface area contributed by atoms with E-state index in [0.29, 0.717) is 0 Å². The molecule has 0 fully saturated rings. The molecule has 0 aliphatic carbocycles. The molecule has 1 rings (SSSR count). The summed E-state index contributed by atoms with van der Waals surface area (Å²) in [4.78, 5) is 3.14. The number of nitrogens with one attached hydrogen (secondary N) is 1. The highest BCUT2D eigenvalue weighted by atomic mass is 16.2. The van der Waals surface area contributed by atoms with Crippen LogP contribution >= 0.6 is 0 Å². The van der Waals surface area contributed by atoms with Gasteiger partial charge in [-0.2, -0.15) is 0 Å². The molecule has 0 spiro atoms. The lowest BCUT2D eigenvalue weighted by molar-refractivity contribution is 0.399. The monoisotopic (exact) mass is 127 g/mol. The van der Waals surface area contributed by atoms with E-state index >= 15 is 0 Å². The van der Waals surface area contributed by atoms with E-state index in [-0.39, 0.29) is 0 Å². The number of rotatable bonds is 0. The molecule has 1 aromatic heterocycles. The lowest BCUT2D eigenvalue weighted by Crippen LogP contribution is -1.67. The number of aryl methyl sites for hydroxylation is 2. The van der Waals surface area contributed by atoms with Crippen LogP contribution in [0.5, 0.6) is 0 Å². The van der Waals surface area contributed by atoms with Gasteiger partial charge in [0.25, 0.3) is 0 Å². The predicted molar refractivity (Wildman–Crippen MR) is 38.4 cm³/mol. The molecular formula is C7H13NO. The van der Waals surface area contributed by atoms with Crippen molar-refractivity contribution in [2.24, 2.45) is 0 Å². The Labute approximate surface area is 55.5 Å². The zero-order valence-electron chi connectivity index (χ0n) is 6.10. The Hall–Kier alpha value is -0.760. The number of aliphatic hydroxyl groups is 1. The highest BCUT2D eigenvalue weighted by molar-refractivity contribution is 5.09. The molecular weight excluding hydrogens is 114 g/mol. The van der Waals surface area contributed by atoms with Crippen molar-refractivity contribution in [1.82, 2.24) is 4.98 Å². The van der Waals surface area contributed by atoms with Crippen LogP contribution in [-0.2, 0) is 0 Å². The molecule has 52 valence electrons. The minimum absolute atomic E-state index is 1.00. The number of aromatic amines is 1. The summed E-state index contributed by atoms with van der Waals surface area (Å²) in [5.41, 5.74) is 2.47. The average Bonchev–Trinajstić information content (AvgIpc) is 2.20. The fourth-order valence-corrected chi connectivity index (χ4v) is 0.644. The second-order valence-corrected chi connectivity index (χ2v) is 1.82. The van der Waals surface area contributed by atoms with Crippen LogP contribution in [0.15, 0.2) is 12.1 Å². The number of hydrogen-bond acceptors (Lipinski definition) is 1. The second-order valence-electron chi connectivity index (χ2n) is 1.82. The van der Waals surface area contributed by atoms with Gasteiger partial charge in [0.1, 0.15) is 0 Å². The summed E-state index contributed by atoms with van der Waals surface area (Å²) in [7, 11) is 1.00. The van der Waals surface area contributed by atoms with E-state index in [9.17, 15) is 0 Å². The van der Waals surface area contributed by atoms with E-state index < -0.39 is 0 Å². The van der Waals surface area contributed by atoms with Gasteiger partial charge in [-0.3, -0.25) is 0 Å². The summed E-state index contributed by atoms with van der Waals surface area (Å²) in [6, 6.07) is 4.13. The quantitative estimate of drug-likeness (QED) is 0.540. The summed E-state index contributed by atoms with van der Waals surface area (Å²) in [5.74, 6) is 0. The number of H-pyrrole nitrogens is 1. The molecule has 2 heteroatoms. The molecule has 0 aliphatic rings. The van der Waals surface area contributed by atoms with Crippen molar-refractivity contribution in [3.8, 4) is 0 Å². The molecule has 0 aromatic carbocycles. The molecule has 2 N–H and O–H groups in total. The van der Waals surface area contributed by atoms with E-state index in [1.807, 2.05) is 13.8 Å². The van der Waals surface area contributed by atoms with Gasteiger partial charge in [0, 0.05) is 18.5 Å². The van der Waals surface area contributed by atoms with Gasteiger partial charge in [0.05, 0.1) is 0 Å². The molecule has 0 atom stereocenters. The van der Waals surface area contributed by atoms with Crippen LogP contribution in [-0.4, -0.2) is 17.2 Å². The Morgan fingerprint density at radius 2 is 1.44 bits per heavy atom. The summed E-state index contributed by atoms with van der Waals surface area (Å²) < 4.78 is 0. The lowest BCUT2D eigenvalue weighted by Gasteiger charge is -1.77. The maximum Gasteiger partial charge on any atom is 0.0319 e. The average molecular weight is 127 g/mol. The minimum Gasteiger partial charge on any atom is -0.400 e. The zero-order valence-corrected chi connectivity index (χ0v) is 6.10. The van der Waals surface area contributed by atoms with Gasteiger partial charge in [-0.05, 0) is 26.0 Å². The van der Waals surface area contributed by atoms with E-state index in [1.165, 1.54) is 11.4 Å². The first-order valence-corrected chi connectivity index (χ1v) is 2.86. The van der Waals surface area contributed by atoms with Crippen LogP contribution in [0.25, 0.3) is 0 Å². The van der Waals surface area contributed by atoms with Crippen molar-refractivity contribution >= 4 is 0 Å². The Balaban J connectivity index is 0.000000291. The first kappa shape index (κ1) is 8.24. The van der Waals surface area contributed by atoms with Gasteiger partial charge in [-0.25, -0.2) is 0 Å². The third-order valence-electron chi connectivity index (χ3n) is 0.978. The van der Waals surface area contributed by atoms with Gasteiger partial charge in [-0.1, -0.05) is 0 Å². The molecule has 9 heavy (non-hydrogen) atoms. The van der Waals surface area contributed by atoms with Gasteiger partial charge in [0.15, 0.2) is 0 Å². The van der Waals surface area contributed by atoms with Gasteiger partial charge in [-0.15, -0.1) is 0 Å². The smallest absolute Gasteiger partial charge is 0.0319 e. The fraction of sp³-hybridized carbons (Fsp3) is 0.429. The Morgan fingerprint density at radius 3 is 1.56 bits per heavy atom. The molecule has 0 amide bonds. The van der Waals surface area contributed by atoms with Crippen molar-refractivity contribution in [1.29, 1.82) is 0 Å². The van der Waals surface area contributed by atoms with Crippen LogP contribution in [0.1, 0.15) is 11.4 Å². The zero-order chi connectivity index (χ0) is 7.28. The molecule has 0 saturated carbocycles. The first-order chi connectivity index (χ1) is 4.29. The number of aliphatic hydroxyl groups excluding tert-OH is 1. The van der Waals surface area contributed by atoms with Gasteiger partial charge < -0.3 is 10.1 Å². The topological polar surface area (TPSA) is 36.0 Å². The third kappa shape index (κ3) is 2.93. The normalized spacial score (nSPS) is 8.00. The van der Waals surface area contributed by atoms with Crippen molar-refractivity contribution < 1.29 is 5.11 Å². The van der Waals surface area contributed by atoms with Crippen LogP contribution in [0.3, 0.4) is 0 Å². The van der Waals surface area contributed by atoms with Gasteiger partial charge >= 0.3 is 0 Å². The van der Waals surface area contributed by atoms with Gasteiger partial charge in [0.2, 0.25) is 0 Å². The summed E-state index contributed by atoms with van der Waals surface area (Å²) >= 11 is 0. The molecule has 2 nitrogen and oxygen atoms in total. The van der Waals surface area contributed by atoms with E-state index in [4.69, 9.17) is 5.11 Å². The van der Waals surface area contributed by atoms with E-state index in [1.54, 1.807) is 0 Å². The van der Waals surface area contributed by atoms with E-state index in [0.717, 1.165) is 7.11 Å². The maximum atomic E-state index is 7.00. The highest BCUT2D eigenvalue weighted by Crippen LogP contribution is 1.95. The molecule has 0 bridgehead atoms. The minimum atomic E-state index is 1.00. The summed E-state index contributed by atoms with van der Waals surface area (Å²) in [6.45, 7) is 4.10. The largest absolute Gasteiger partial charge is 0.400 e. The van der Waals surface area contributed by atoms with Crippen LogP contribution in [0.4, 0.5) is 0 Å². The van der Waals surface area contributed by atoms with Crippen LogP contribution in [0.2, 0.25) is 0 Å². The Morgan fingerprint density at radius 1 is 1.11 bits per heavy atom. The van der Waals surface area contributed by atoms with Crippen LogP contribution < -0.4 is 0 Å². The van der Waals surface area contributed by atoms with Crippen molar-refractivity contribution in [2.45, 2.75) is 13.8 Å². The SMILES string of the molecule is CO.Cc1ccc(C)[nH]1. The Kier molecular flexibility index (Phi) is 3.80. The molecule has 1 aromatic rings. The fourth-order valence-electron chi connectivity index (χ4n) is 0.644. The lowest BCUT2D eigenvalue weighted by atomic mass is 10.5. The molecule has 0 unspecified atom stereocenters. The molecule has 0 saturated heterocycles. The predicted octanol–water partition coefficient (Wildman–Crippen LogP) is 1.24. The second kappa shape index (κ2) is 4.15. The highest BCUT2D eigenvalue weighted by Gasteiger charge is 1.82. The first-order valence-electron chi connectivity index (χ1n) is 2.86. The molecule has 0 aliphatic heterocycles. The number of hydrogen-bond donors (Lipinski definition) is 2. The molecule has 0 radical (unpaired) electrons. The number of aromatic nitrogens is 1. The van der Waals surface area contributed by atoms with Crippen molar-refractivity contribution in [3.63, 3.8) is 0 Å². The summed E-state index contributed by atoms with van der Waals surface area (Å²) in [5, 5.41) is 7.00. The molecule has 1 heterocycles. The van der Waals surface area contributed by atoms with E-state index in [2.05, 4.69) is 17.1 Å². The standard InChI is InChI=1S/C6H9N.CH4O/c1-5-3-4-6(2)7-5;1-2/h3-4,7H,1-2H3;2H,1H3. The summed E-state index contributed by atoms with van der Waals surface area (Å²) in [6.07, 6.45) is 0. The van der Waals surface area contributed by atoms with Crippen LogP contribution in [0, 0.1) is 13.8 Å². The van der Waals surface area contributed by atoms with Crippen molar-refractivity contribution in [3.05, 3.63) is 23.5 Å². The Bertz CT molecular complexity index is 141. The maximum absolute atomic E-state index is 7.00. The third-order valence-corrected chi connectivity index (χ3v) is 0.978.